The van der Waals surface area contributed by atoms with E-state index in [1.165, 1.54) is 49.9 Å². The summed E-state index contributed by atoms with van der Waals surface area (Å²) in [6.45, 7) is 0. The lowest BCUT2D eigenvalue weighted by atomic mass is 9.70. The summed E-state index contributed by atoms with van der Waals surface area (Å²) in [7, 11) is 1.73. The van der Waals surface area contributed by atoms with Crippen LogP contribution in [0.5, 0.6) is 5.75 Å². The molecule has 0 unspecified atom stereocenters. The fourth-order valence-corrected chi connectivity index (χ4v) is 10.8. The highest BCUT2D eigenvalue weighted by Crippen LogP contribution is 2.65. The molecule has 60 heavy (non-hydrogen) atoms. The van der Waals surface area contributed by atoms with Crippen LogP contribution in [-0.4, -0.2) is 11.7 Å². The van der Waals surface area contributed by atoms with Crippen LogP contribution in [0.1, 0.15) is 22.3 Å². The van der Waals surface area contributed by atoms with Gasteiger partial charge < -0.3 is 18.6 Å². The molecule has 0 atom stereocenters. The molecule has 0 aliphatic heterocycles. The van der Waals surface area contributed by atoms with Gasteiger partial charge in [0.25, 0.3) is 0 Å². The molecule has 0 amide bonds. The average molecular weight is 769 g/mol. The van der Waals surface area contributed by atoms with E-state index in [0.29, 0.717) is 0 Å². The smallest absolute Gasteiger partial charge is 0.136 e. The number of rotatable bonds is 5. The maximum absolute atomic E-state index is 6.51. The first-order valence-corrected chi connectivity index (χ1v) is 20.6. The van der Waals surface area contributed by atoms with Crippen molar-refractivity contribution in [2.45, 2.75) is 5.41 Å². The molecule has 2 heterocycles. The number of benzene rings is 9. The van der Waals surface area contributed by atoms with E-state index in [2.05, 4.69) is 204 Å². The van der Waals surface area contributed by atoms with E-state index < -0.39 is 5.41 Å². The van der Waals surface area contributed by atoms with Gasteiger partial charge in [0.2, 0.25) is 0 Å². The van der Waals surface area contributed by atoms with Gasteiger partial charge in [0.05, 0.1) is 34.9 Å². The lowest BCUT2D eigenvalue weighted by Gasteiger charge is -2.32. The third kappa shape index (κ3) is 4.24. The Bertz CT molecular complexity index is 3490. The third-order valence-corrected chi connectivity index (χ3v) is 13.1. The summed E-state index contributed by atoms with van der Waals surface area (Å²) >= 11 is 0. The molecule has 0 radical (unpaired) electrons. The first kappa shape index (κ1) is 33.2. The number of hydrogen-bond acceptors (Lipinski definition) is 3. The Hall–Kier alpha value is -7.82. The maximum Gasteiger partial charge on any atom is 0.136 e. The molecule has 4 heteroatoms. The highest BCUT2D eigenvalue weighted by atomic mass is 16.5. The molecule has 0 N–H and O–H groups in total. The zero-order chi connectivity index (χ0) is 39.5. The van der Waals surface area contributed by atoms with E-state index in [0.717, 1.165) is 66.9 Å². The van der Waals surface area contributed by atoms with Crippen LogP contribution in [0.4, 0.5) is 17.1 Å². The predicted molar refractivity (Wildman–Crippen MR) is 246 cm³/mol. The number of para-hydroxylation sites is 3. The van der Waals surface area contributed by atoms with Crippen LogP contribution in [0.15, 0.2) is 205 Å². The van der Waals surface area contributed by atoms with E-state index >= 15 is 0 Å². The molecule has 282 valence electrons. The van der Waals surface area contributed by atoms with Crippen molar-refractivity contribution in [2.75, 3.05) is 12.0 Å². The summed E-state index contributed by atoms with van der Waals surface area (Å²) < 4.78 is 14.7. The van der Waals surface area contributed by atoms with Gasteiger partial charge in [-0.15, -0.1) is 0 Å². The standard InChI is InChI=1S/C56H36N2O2/c1-59-37-31-29-36(30-32-37)57(47-26-14-25-46-52(47)40-19-7-11-24-45(40)56(46)43-22-9-5-17-38(43)39-18-6-10-23-44(39)56)49-27-13-21-42-53-48(58(55(42)49)35-15-3-2-4-16-35)33-34-51-54(53)41-20-8-12-28-50(41)60-51/h2-34H,1H3. The van der Waals surface area contributed by atoms with Crippen molar-refractivity contribution >= 4 is 60.8 Å². The number of methoxy groups -OCH3 is 1. The predicted octanol–water partition coefficient (Wildman–Crippen LogP) is 14.5. The highest BCUT2D eigenvalue weighted by molar-refractivity contribution is 6.29. The average Bonchev–Trinajstić information content (AvgIpc) is 4.04. The van der Waals surface area contributed by atoms with Gasteiger partial charge in [0.15, 0.2) is 0 Å². The molecule has 0 saturated heterocycles. The van der Waals surface area contributed by atoms with Gasteiger partial charge >= 0.3 is 0 Å². The number of anilines is 3. The van der Waals surface area contributed by atoms with Gasteiger partial charge in [-0.3, -0.25) is 0 Å². The van der Waals surface area contributed by atoms with Gasteiger partial charge in [0, 0.05) is 38.5 Å². The van der Waals surface area contributed by atoms with Crippen LogP contribution < -0.4 is 9.64 Å². The zero-order valence-electron chi connectivity index (χ0n) is 32.8. The molecule has 0 fully saturated rings. The Morgan fingerprint density at radius 3 is 1.82 bits per heavy atom. The number of hydrogen-bond donors (Lipinski definition) is 0. The fraction of sp³-hybridized carbons (Fsp3) is 0.0357. The largest absolute Gasteiger partial charge is 0.497 e. The summed E-state index contributed by atoms with van der Waals surface area (Å²) in [5, 5.41) is 4.58. The maximum atomic E-state index is 6.51. The van der Waals surface area contributed by atoms with Gasteiger partial charge in [-0.05, 0) is 106 Å². The van der Waals surface area contributed by atoms with Gasteiger partial charge in [0.1, 0.15) is 16.9 Å². The second-order valence-corrected chi connectivity index (χ2v) is 15.9. The molecule has 4 nitrogen and oxygen atoms in total. The Morgan fingerprint density at radius 1 is 0.467 bits per heavy atom. The second-order valence-electron chi connectivity index (χ2n) is 15.9. The van der Waals surface area contributed by atoms with Crippen molar-refractivity contribution in [3.05, 3.63) is 222 Å². The number of furan rings is 1. The number of fused-ring (bicyclic) bond motifs is 17. The van der Waals surface area contributed by atoms with Crippen molar-refractivity contribution in [3.63, 3.8) is 0 Å². The first-order valence-electron chi connectivity index (χ1n) is 20.6. The van der Waals surface area contributed by atoms with Crippen molar-refractivity contribution in [2.24, 2.45) is 0 Å². The van der Waals surface area contributed by atoms with Crippen molar-refractivity contribution in [1.82, 2.24) is 4.57 Å². The monoisotopic (exact) mass is 768 g/mol. The molecular formula is C56H36N2O2. The number of ether oxygens (including phenoxy) is 1. The summed E-state index contributed by atoms with van der Waals surface area (Å²) in [5.41, 5.74) is 18.2. The molecule has 1 spiro atoms. The minimum atomic E-state index is -0.473. The molecule has 2 aliphatic carbocycles. The van der Waals surface area contributed by atoms with E-state index in [4.69, 9.17) is 9.15 Å². The van der Waals surface area contributed by atoms with E-state index in [-0.39, 0.29) is 0 Å². The third-order valence-electron chi connectivity index (χ3n) is 13.1. The lowest BCUT2D eigenvalue weighted by Crippen LogP contribution is -2.26. The molecule has 2 aromatic heterocycles. The van der Waals surface area contributed by atoms with Crippen molar-refractivity contribution in [1.29, 1.82) is 0 Å². The molecule has 0 saturated carbocycles. The van der Waals surface area contributed by atoms with Crippen LogP contribution in [0, 0.1) is 0 Å². The second kappa shape index (κ2) is 12.3. The Labute approximate surface area is 346 Å². The van der Waals surface area contributed by atoms with E-state index in [1.807, 2.05) is 6.07 Å². The summed E-state index contributed by atoms with van der Waals surface area (Å²) in [4.78, 5) is 2.48. The topological polar surface area (TPSA) is 30.5 Å². The minimum Gasteiger partial charge on any atom is -0.497 e. The van der Waals surface area contributed by atoms with Crippen molar-refractivity contribution < 1.29 is 9.15 Å². The molecule has 2 aliphatic rings. The Kier molecular flexibility index (Phi) is 6.83. The molecule has 9 aromatic carbocycles. The molecule has 0 bridgehead atoms. The number of aromatic nitrogens is 1. The Balaban J connectivity index is 1.18. The van der Waals surface area contributed by atoms with Crippen LogP contribution >= 0.6 is 0 Å². The molecule has 13 rings (SSSR count). The van der Waals surface area contributed by atoms with Gasteiger partial charge in [-0.25, -0.2) is 0 Å². The summed E-state index contributed by atoms with van der Waals surface area (Å²) in [6.07, 6.45) is 0. The first-order chi connectivity index (χ1) is 29.8. The molecule has 11 aromatic rings. The van der Waals surface area contributed by atoms with Crippen LogP contribution in [0.25, 0.3) is 71.7 Å². The summed E-state index contributed by atoms with van der Waals surface area (Å²) in [5.74, 6) is 0.811. The highest BCUT2D eigenvalue weighted by Gasteiger charge is 2.52. The van der Waals surface area contributed by atoms with Crippen molar-refractivity contribution in [3.8, 4) is 33.7 Å². The number of nitrogens with zero attached hydrogens (tertiary/aromatic N) is 2. The minimum absolute atomic E-state index is 0.473. The Morgan fingerprint density at radius 2 is 1.07 bits per heavy atom. The van der Waals surface area contributed by atoms with Crippen LogP contribution in [-0.2, 0) is 5.41 Å². The SMILES string of the molecule is COc1ccc(N(c2cccc3c2-c2ccccc2C32c3ccccc3-c3ccccc32)c2cccc3c4c5c(ccc4n(-c4ccccc4)c23)oc2ccccc25)cc1. The van der Waals surface area contributed by atoms with Gasteiger partial charge in [-0.1, -0.05) is 133 Å². The normalized spacial score (nSPS) is 13.2. The van der Waals surface area contributed by atoms with E-state index in [9.17, 15) is 0 Å². The lowest BCUT2D eigenvalue weighted by molar-refractivity contribution is 0.415. The van der Waals surface area contributed by atoms with Crippen LogP contribution in [0.2, 0.25) is 0 Å². The quantitative estimate of drug-likeness (QED) is 0.175. The fourth-order valence-electron chi connectivity index (χ4n) is 10.8. The zero-order valence-corrected chi connectivity index (χ0v) is 32.8. The van der Waals surface area contributed by atoms with Crippen LogP contribution in [0.3, 0.4) is 0 Å². The van der Waals surface area contributed by atoms with E-state index in [1.54, 1.807) is 7.11 Å². The van der Waals surface area contributed by atoms with Gasteiger partial charge in [-0.2, -0.15) is 0 Å². The summed E-state index contributed by atoms with van der Waals surface area (Å²) in [6, 6.07) is 72.8. The molecular weight excluding hydrogens is 733 g/mol.